The third kappa shape index (κ3) is 2.86. The maximum absolute atomic E-state index is 3.63. The van der Waals surface area contributed by atoms with Crippen LogP contribution in [0, 0.1) is 0 Å². The van der Waals surface area contributed by atoms with E-state index < -0.39 is 0 Å². The zero-order valence-electron chi connectivity index (χ0n) is 11.9. The van der Waals surface area contributed by atoms with Crippen LogP contribution in [0.5, 0.6) is 0 Å². The molecule has 0 amide bonds. The SMILES string of the molecule is CCC(C)N(CC)C1CCc2ccccc2NC1. The summed E-state index contributed by atoms with van der Waals surface area (Å²) < 4.78 is 0. The molecule has 1 N–H and O–H groups in total. The van der Waals surface area contributed by atoms with Gasteiger partial charge in [0, 0.05) is 24.3 Å². The Kier molecular flexibility index (Phi) is 4.65. The van der Waals surface area contributed by atoms with Crippen LogP contribution in [0.15, 0.2) is 24.3 Å². The van der Waals surface area contributed by atoms with E-state index in [1.54, 1.807) is 0 Å². The van der Waals surface area contributed by atoms with Gasteiger partial charge in [0.15, 0.2) is 0 Å². The van der Waals surface area contributed by atoms with Crippen LogP contribution >= 0.6 is 0 Å². The number of nitrogens with zero attached hydrogens (tertiary/aromatic N) is 1. The van der Waals surface area contributed by atoms with Gasteiger partial charge in [0.05, 0.1) is 0 Å². The van der Waals surface area contributed by atoms with Crippen molar-refractivity contribution in [1.29, 1.82) is 0 Å². The maximum Gasteiger partial charge on any atom is 0.0373 e. The van der Waals surface area contributed by atoms with Crippen LogP contribution in [0.25, 0.3) is 0 Å². The average Bonchev–Trinajstić information content (AvgIpc) is 2.62. The molecule has 0 aliphatic carbocycles. The van der Waals surface area contributed by atoms with Crippen molar-refractivity contribution in [3.8, 4) is 0 Å². The fourth-order valence-corrected chi connectivity index (χ4v) is 3.01. The largest absolute Gasteiger partial charge is 0.383 e. The molecule has 2 rings (SSSR count). The van der Waals surface area contributed by atoms with E-state index in [2.05, 4.69) is 55.3 Å². The van der Waals surface area contributed by atoms with Gasteiger partial charge >= 0.3 is 0 Å². The van der Waals surface area contributed by atoms with E-state index in [4.69, 9.17) is 0 Å². The first-order valence-electron chi connectivity index (χ1n) is 7.33. The molecule has 1 aromatic carbocycles. The summed E-state index contributed by atoms with van der Waals surface area (Å²) in [4.78, 5) is 2.65. The van der Waals surface area contributed by atoms with E-state index in [0.717, 1.165) is 13.1 Å². The summed E-state index contributed by atoms with van der Waals surface area (Å²) in [6.45, 7) is 9.14. The fraction of sp³-hybridized carbons (Fsp3) is 0.625. The van der Waals surface area contributed by atoms with E-state index in [1.165, 1.54) is 30.5 Å². The smallest absolute Gasteiger partial charge is 0.0373 e. The highest BCUT2D eigenvalue weighted by molar-refractivity contribution is 5.52. The molecule has 18 heavy (non-hydrogen) atoms. The first-order valence-corrected chi connectivity index (χ1v) is 7.33. The number of aryl methyl sites for hydroxylation is 1. The minimum atomic E-state index is 0.664. The Hall–Kier alpha value is -1.02. The third-order valence-electron chi connectivity index (χ3n) is 4.28. The maximum atomic E-state index is 3.63. The monoisotopic (exact) mass is 246 g/mol. The van der Waals surface area contributed by atoms with Crippen LogP contribution in [0.3, 0.4) is 0 Å². The third-order valence-corrected chi connectivity index (χ3v) is 4.28. The second-order valence-corrected chi connectivity index (χ2v) is 5.32. The molecule has 2 unspecified atom stereocenters. The van der Waals surface area contributed by atoms with Gasteiger partial charge in [-0.1, -0.05) is 32.0 Å². The molecule has 1 heterocycles. The van der Waals surface area contributed by atoms with Crippen molar-refractivity contribution in [2.45, 2.75) is 52.1 Å². The number of hydrogen-bond acceptors (Lipinski definition) is 2. The molecule has 0 radical (unpaired) electrons. The lowest BCUT2D eigenvalue weighted by molar-refractivity contribution is 0.148. The van der Waals surface area contributed by atoms with Crippen LogP contribution in [-0.2, 0) is 6.42 Å². The number of likely N-dealkylation sites (N-methyl/N-ethyl adjacent to an activating group) is 1. The van der Waals surface area contributed by atoms with Crippen LogP contribution < -0.4 is 5.32 Å². The Morgan fingerprint density at radius 2 is 2.11 bits per heavy atom. The van der Waals surface area contributed by atoms with Crippen LogP contribution in [0.2, 0.25) is 0 Å². The van der Waals surface area contributed by atoms with E-state index in [0.29, 0.717) is 12.1 Å². The Morgan fingerprint density at radius 1 is 1.33 bits per heavy atom. The summed E-state index contributed by atoms with van der Waals surface area (Å²) >= 11 is 0. The molecule has 0 saturated heterocycles. The van der Waals surface area contributed by atoms with Crippen LogP contribution in [-0.4, -0.2) is 30.1 Å². The Morgan fingerprint density at radius 3 is 2.83 bits per heavy atom. The summed E-state index contributed by atoms with van der Waals surface area (Å²) in [7, 11) is 0. The van der Waals surface area contributed by atoms with E-state index in [-0.39, 0.29) is 0 Å². The zero-order valence-corrected chi connectivity index (χ0v) is 11.9. The van der Waals surface area contributed by atoms with Crippen molar-refractivity contribution < 1.29 is 0 Å². The predicted octanol–water partition coefficient (Wildman–Crippen LogP) is 3.53. The van der Waals surface area contributed by atoms with Gasteiger partial charge in [0.2, 0.25) is 0 Å². The molecular weight excluding hydrogens is 220 g/mol. The number of fused-ring (bicyclic) bond motifs is 1. The minimum Gasteiger partial charge on any atom is -0.383 e. The molecule has 2 heteroatoms. The van der Waals surface area contributed by atoms with Crippen molar-refractivity contribution in [1.82, 2.24) is 4.90 Å². The molecule has 0 spiro atoms. The van der Waals surface area contributed by atoms with Gasteiger partial charge in [-0.2, -0.15) is 0 Å². The van der Waals surface area contributed by atoms with Gasteiger partial charge in [0.25, 0.3) is 0 Å². The molecule has 1 aromatic rings. The minimum absolute atomic E-state index is 0.664. The lowest BCUT2D eigenvalue weighted by atomic mass is 10.0. The van der Waals surface area contributed by atoms with Crippen LogP contribution in [0.1, 0.15) is 39.2 Å². The molecular formula is C16H26N2. The predicted molar refractivity (Wildman–Crippen MR) is 79.2 cm³/mol. The van der Waals surface area contributed by atoms with Gasteiger partial charge in [-0.25, -0.2) is 0 Å². The normalized spacial score (nSPS) is 21.0. The zero-order chi connectivity index (χ0) is 13.0. The quantitative estimate of drug-likeness (QED) is 0.874. The van der Waals surface area contributed by atoms with Crippen molar-refractivity contribution in [2.24, 2.45) is 0 Å². The molecule has 2 atom stereocenters. The Labute approximate surface area is 111 Å². The lowest BCUT2D eigenvalue weighted by Gasteiger charge is -2.34. The van der Waals surface area contributed by atoms with Crippen LogP contribution in [0.4, 0.5) is 5.69 Å². The molecule has 0 aromatic heterocycles. The van der Waals surface area contributed by atoms with Gasteiger partial charge < -0.3 is 5.32 Å². The average molecular weight is 246 g/mol. The Bertz CT molecular complexity index is 348. The molecule has 0 fully saturated rings. The highest BCUT2D eigenvalue weighted by Gasteiger charge is 2.23. The van der Waals surface area contributed by atoms with Gasteiger partial charge in [0.1, 0.15) is 0 Å². The highest BCUT2D eigenvalue weighted by atomic mass is 15.2. The lowest BCUT2D eigenvalue weighted by Crippen LogP contribution is -2.44. The number of benzene rings is 1. The topological polar surface area (TPSA) is 15.3 Å². The number of para-hydroxylation sites is 1. The summed E-state index contributed by atoms with van der Waals surface area (Å²) in [6.07, 6.45) is 3.69. The van der Waals surface area contributed by atoms with Gasteiger partial charge in [-0.3, -0.25) is 4.90 Å². The number of nitrogens with one attached hydrogen (secondary N) is 1. The molecule has 100 valence electrons. The summed E-state index contributed by atoms with van der Waals surface area (Å²) in [5, 5.41) is 3.63. The standard InChI is InChI=1S/C16H26N2/c1-4-13(3)18(5-2)15-11-10-14-8-6-7-9-16(14)17-12-15/h6-9,13,15,17H,4-5,10-12H2,1-3H3. The van der Waals surface area contributed by atoms with Crippen molar-refractivity contribution >= 4 is 5.69 Å². The first kappa shape index (κ1) is 13.4. The number of rotatable bonds is 4. The van der Waals surface area contributed by atoms with E-state index >= 15 is 0 Å². The van der Waals surface area contributed by atoms with Gasteiger partial charge in [-0.05, 0) is 44.4 Å². The van der Waals surface area contributed by atoms with Crippen molar-refractivity contribution in [2.75, 3.05) is 18.4 Å². The molecule has 0 saturated carbocycles. The Balaban J connectivity index is 2.07. The number of hydrogen-bond donors (Lipinski definition) is 1. The first-order chi connectivity index (χ1) is 8.76. The molecule has 1 aliphatic heterocycles. The number of anilines is 1. The van der Waals surface area contributed by atoms with Crippen molar-refractivity contribution in [3.63, 3.8) is 0 Å². The summed E-state index contributed by atoms with van der Waals surface area (Å²) in [5.41, 5.74) is 2.81. The summed E-state index contributed by atoms with van der Waals surface area (Å²) in [5.74, 6) is 0. The highest BCUT2D eigenvalue weighted by Crippen LogP contribution is 2.24. The molecule has 0 bridgehead atoms. The molecule has 1 aliphatic rings. The van der Waals surface area contributed by atoms with Crippen molar-refractivity contribution in [3.05, 3.63) is 29.8 Å². The summed E-state index contributed by atoms with van der Waals surface area (Å²) in [6, 6.07) is 10.1. The van der Waals surface area contributed by atoms with Gasteiger partial charge in [-0.15, -0.1) is 0 Å². The molecule has 2 nitrogen and oxygen atoms in total. The fourth-order valence-electron chi connectivity index (χ4n) is 3.01. The van der Waals surface area contributed by atoms with E-state index in [9.17, 15) is 0 Å². The second kappa shape index (κ2) is 6.24. The second-order valence-electron chi connectivity index (χ2n) is 5.32. The van der Waals surface area contributed by atoms with E-state index in [1.807, 2.05) is 0 Å².